The first-order valence-corrected chi connectivity index (χ1v) is 10.3. The quantitative estimate of drug-likeness (QED) is 0.793. The summed E-state index contributed by atoms with van der Waals surface area (Å²) in [7, 11) is 0. The number of nitrogens with two attached hydrogens (primary N) is 1. The number of nitrogens with zero attached hydrogens (tertiary/aromatic N) is 2. The average molecular weight is 399 g/mol. The highest BCUT2D eigenvalue weighted by molar-refractivity contribution is 6.43. The van der Waals surface area contributed by atoms with Gasteiger partial charge in [-0.05, 0) is 56.7 Å². The minimum Gasteiger partial charge on any atom is -0.368 e. The Morgan fingerprint density at radius 3 is 2.46 bits per heavy atom. The van der Waals surface area contributed by atoms with Gasteiger partial charge in [0.1, 0.15) is 0 Å². The van der Waals surface area contributed by atoms with Gasteiger partial charge in [-0.15, -0.1) is 0 Å². The van der Waals surface area contributed by atoms with E-state index in [0.717, 1.165) is 57.2 Å². The number of amides is 2. The van der Waals surface area contributed by atoms with Crippen LogP contribution >= 0.6 is 23.2 Å². The molecule has 3 N–H and O–H groups in total. The van der Waals surface area contributed by atoms with Crippen LogP contribution in [-0.2, 0) is 0 Å². The van der Waals surface area contributed by atoms with Crippen LogP contribution in [0.25, 0.3) is 0 Å². The lowest BCUT2D eigenvalue weighted by atomic mass is 9.84. The molecule has 2 fully saturated rings. The van der Waals surface area contributed by atoms with Crippen molar-refractivity contribution in [3.05, 3.63) is 28.2 Å². The second-order valence-electron chi connectivity index (χ2n) is 7.42. The Bertz CT molecular complexity index is 612. The van der Waals surface area contributed by atoms with Crippen LogP contribution in [0, 0.1) is 5.92 Å². The summed E-state index contributed by atoms with van der Waals surface area (Å²) in [5.41, 5.74) is 6.25. The van der Waals surface area contributed by atoms with Gasteiger partial charge in [-0.2, -0.15) is 0 Å². The lowest BCUT2D eigenvalue weighted by molar-refractivity contribution is 0.207. The van der Waals surface area contributed by atoms with E-state index in [1.165, 1.54) is 19.3 Å². The van der Waals surface area contributed by atoms with Gasteiger partial charge in [0.05, 0.1) is 15.7 Å². The van der Waals surface area contributed by atoms with Gasteiger partial charge in [-0.3, -0.25) is 4.90 Å². The predicted octanol–water partition coefficient (Wildman–Crippen LogP) is 3.73. The molecular weight excluding hydrogens is 371 g/mol. The minimum absolute atomic E-state index is 0.273. The maximum absolute atomic E-state index is 10.9. The third kappa shape index (κ3) is 5.18. The lowest BCUT2D eigenvalue weighted by Crippen LogP contribution is -2.47. The van der Waals surface area contributed by atoms with Gasteiger partial charge in [0.15, 0.2) is 0 Å². The third-order valence-electron chi connectivity index (χ3n) is 5.69. The van der Waals surface area contributed by atoms with E-state index in [0.29, 0.717) is 10.0 Å². The second-order valence-corrected chi connectivity index (χ2v) is 8.20. The number of rotatable bonds is 5. The summed E-state index contributed by atoms with van der Waals surface area (Å²) in [6.07, 6.45) is 5.70. The van der Waals surface area contributed by atoms with Crippen molar-refractivity contribution in [1.29, 1.82) is 0 Å². The second kappa shape index (κ2) is 9.16. The molecule has 0 radical (unpaired) electrons. The topological polar surface area (TPSA) is 61.6 Å². The summed E-state index contributed by atoms with van der Waals surface area (Å²) in [6, 6.07) is 5.71. The molecule has 1 aromatic rings. The number of urea groups is 1. The van der Waals surface area contributed by atoms with E-state index < -0.39 is 6.03 Å². The monoisotopic (exact) mass is 398 g/mol. The van der Waals surface area contributed by atoms with E-state index in [1.54, 1.807) is 0 Å². The first-order chi connectivity index (χ1) is 12.5. The molecule has 1 aliphatic heterocycles. The van der Waals surface area contributed by atoms with Crippen LogP contribution in [-0.4, -0.2) is 49.7 Å². The zero-order valence-corrected chi connectivity index (χ0v) is 16.6. The van der Waals surface area contributed by atoms with E-state index in [1.807, 2.05) is 18.2 Å². The molecule has 0 unspecified atom stereocenters. The third-order valence-corrected chi connectivity index (χ3v) is 6.50. The molecule has 0 aromatic heterocycles. The Balaban J connectivity index is 1.38. The molecule has 1 aliphatic carbocycles. The van der Waals surface area contributed by atoms with Crippen LogP contribution in [0.15, 0.2) is 18.2 Å². The van der Waals surface area contributed by atoms with Gasteiger partial charge in [0, 0.05) is 32.2 Å². The fourth-order valence-corrected chi connectivity index (χ4v) is 4.53. The SMILES string of the molecule is NC(=O)N[C@H]1CC[C@H](CCN2CCN(c3cccc(Cl)c3Cl)CC2)CC1. The van der Waals surface area contributed by atoms with Gasteiger partial charge in [-0.1, -0.05) is 29.3 Å². The number of primary amides is 1. The number of hydrogen-bond donors (Lipinski definition) is 2. The summed E-state index contributed by atoms with van der Waals surface area (Å²) in [5, 5.41) is 4.11. The van der Waals surface area contributed by atoms with E-state index >= 15 is 0 Å². The summed E-state index contributed by atoms with van der Waals surface area (Å²) in [6.45, 7) is 5.23. The van der Waals surface area contributed by atoms with Crippen molar-refractivity contribution in [2.75, 3.05) is 37.6 Å². The van der Waals surface area contributed by atoms with Crippen LogP contribution in [0.2, 0.25) is 10.0 Å². The van der Waals surface area contributed by atoms with Crippen molar-refractivity contribution in [2.24, 2.45) is 11.7 Å². The molecule has 0 atom stereocenters. The normalized spacial score (nSPS) is 24.5. The maximum Gasteiger partial charge on any atom is 0.312 e. The summed E-state index contributed by atoms with van der Waals surface area (Å²) < 4.78 is 0. The first-order valence-electron chi connectivity index (χ1n) is 9.50. The van der Waals surface area contributed by atoms with Gasteiger partial charge >= 0.3 is 6.03 Å². The molecule has 2 aliphatic rings. The largest absolute Gasteiger partial charge is 0.368 e. The lowest BCUT2D eigenvalue weighted by Gasteiger charge is -2.37. The summed E-state index contributed by atoms with van der Waals surface area (Å²) >= 11 is 12.5. The van der Waals surface area contributed by atoms with Crippen LogP contribution in [0.1, 0.15) is 32.1 Å². The van der Waals surface area contributed by atoms with E-state index in [4.69, 9.17) is 28.9 Å². The van der Waals surface area contributed by atoms with Crippen LogP contribution in [0.5, 0.6) is 0 Å². The van der Waals surface area contributed by atoms with Crippen molar-refractivity contribution in [2.45, 2.75) is 38.1 Å². The molecule has 0 spiro atoms. The molecule has 144 valence electrons. The van der Waals surface area contributed by atoms with Gasteiger partial charge in [-0.25, -0.2) is 4.79 Å². The Morgan fingerprint density at radius 2 is 1.81 bits per heavy atom. The summed E-state index contributed by atoms with van der Waals surface area (Å²) in [5.74, 6) is 0.765. The Labute approximate surface area is 165 Å². The Hall–Kier alpha value is -1.17. The number of halogens is 2. The van der Waals surface area contributed by atoms with Gasteiger partial charge in [0.25, 0.3) is 0 Å². The number of piperazine rings is 1. The molecule has 7 heteroatoms. The number of carbonyl (C=O) groups is 1. The predicted molar refractivity (Wildman–Crippen MR) is 108 cm³/mol. The van der Waals surface area contributed by atoms with Crippen molar-refractivity contribution >= 4 is 34.9 Å². The average Bonchev–Trinajstić information content (AvgIpc) is 2.63. The number of carbonyl (C=O) groups excluding carboxylic acids is 1. The molecule has 2 amide bonds. The van der Waals surface area contributed by atoms with E-state index in [2.05, 4.69) is 15.1 Å². The molecular formula is C19H28Cl2N4O. The Morgan fingerprint density at radius 1 is 1.12 bits per heavy atom. The highest BCUT2D eigenvalue weighted by atomic mass is 35.5. The smallest absolute Gasteiger partial charge is 0.312 e. The molecule has 0 bridgehead atoms. The number of anilines is 1. The number of benzene rings is 1. The highest BCUT2D eigenvalue weighted by Crippen LogP contribution is 2.33. The summed E-state index contributed by atoms with van der Waals surface area (Å²) in [4.78, 5) is 15.8. The van der Waals surface area contributed by atoms with Crippen molar-refractivity contribution < 1.29 is 4.79 Å². The fourth-order valence-electron chi connectivity index (χ4n) is 4.11. The first kappa shape index (κ1) is 19.6. The van der Waals surface area contributed by atoms with E-state index in [-0.39, 0.29) is 6.04 Å². The molecule has 1 heterocycles. The standard InChI is InChI=1S/C19H28Cl2N4O/c20-16-2-1-3-17(18(16)21)25-12-10-24(11-13-25)9-8-14-4-6-15(7-5-14)23-19(22)26/h1-3,14-15H,4-13H2,(H3,22,23,26)/t14-,15-. The molecule has 5 nitrogen and oxygen atoms in total. The van der Waals surface area contributed by atoms with Crippen molar-refractivity contribution in [3.8, 4) is 0 Å². The highest BCUT2D eigenvalue weighted by Gasteiger charge is 2.24. The molecule has 1 saturated carbocycles. The maximum atomic E-state index is 10.9. The fraction of sp³-hybridized carbons (Fsp3) is 0.632. The molecule has 1 aromatic carbocycles. The van der Waals surface area contributed by atoms with Crippen molar-refractivity contribution in [3.63, 3.8) is 0 Å². The van der Waals surface area contributed by atoms with Gasteiger partial charge < -0.3 is 16.0 Å². The minimum atomic E-state index is -0.397. The van der Waals surface area contributed by atoms with Crippen LogP contribution in [0.4, 0.5) is 10.5 Å². The zero-order valence-electron chi connectivity index (χ0n) is 15.1. The number of hydrogen-bond acceptors (Lipinski definition) is 3. The Kier molecular flexibility index (Phi) is 6.90. The van der Waals surface area contributed by atoms with Gasteiger partial charge in [0.2, 0.25) is 0 Å². The number of nitrogens with one attached hydrogen (secondary N) is 1. The van der Waals surface area contributed by atoms with Crippen LogP contribution < -0.4 is 16.0 Å². The van der Waals surface area contributed by atoms with E-state index in [9.17, 15) is 4.79 Å². The molecule has 1 saturated heterocycles. The van der Waals surface area contributed by atoms with Crippen LogP contribution in [0.3, 0.4) is 0 Å². The van der Waals surface area contributed by atoms with Crippen molar-refractivity contribution in [1.82, 2.24) is 10.2 Å². The zero-order chi connectivity index (χ0) is 18.5. The molecule has 3 rings (SSSR count). The molecule has 26 heavy (non-hydrogen) atoms.